The number of aliphatic hydroxyl groups excluding tert-OH is 2. The molecular weight excluding hydrogens is 462 g/mol. The van der Waals surface area contributed by atoms with Crippen molar-refractivity contribution in [3.63, 3.8) is 0 Å². The largest absolute Gasteiger partial charge is 0.466 e. The van der Waals surface area contributed by atoms with Gasteiger partial charge >= 0.3 is 5.97 Å². The SMILES string of the molecule is C[C@H](CCC(=O)OCCCCO[N+](=O)[O-])[C@H]1CC[C@H]2[C@@H]3[C@@H](O)C[C@@H]4C[C@H](O)CC[C@]4(C)[C@H]3CC[C@]12C. The highest BCUT2D eigenvalue weighted by Gasteiger charge is 2.62. The number of aliphatic hydroxyl groups is 2. The minimum atomic E-state index is -0.804. The fourth-order valence-corrected chi connectivity index (χ4v) is 9.32. The van der Waals surface area contributed by atoms with E-state index in [-0.39, 0.29) is 42.2 Å². The monoisotopic (exact) mass is 509 g/mol. The van der Waals surface area contributed by atoms with Gasteiger partial charge in [0.2, 0.25) is 0 Å². The van der Waals surface area contributed by atoms with Crippen molar-refractivity contribution in [2.24, 2.45) is 46.3 Å². The van der Waals surface area contributed by atoms with Crippen molar-refractivity contribution in [1.82, 2.24) is 0 Å². The fourth-order valence-electron chi connectivity index (χ4n) is 9.32. The molecule has 0 amide bonds. The van der Waals surface area contributed by atoms with Crippen LogP contribution in [0.4, 0.5) is 0 Å². The van der Waals surface area contributed by atoms with E-state index in [1.165, 1.54) is 25.7 Å². The number of ether oxygens (including phenoxy) is 1. The molecule has 10 atom stereocenters. The van der Waals surface area contributed by atoms with E-state index in [9.17, 15) is 25.1 Å². The Morgan fingerprint density at radius 2 is 1.72 bits per heavy atom. The lowest BCUT2D eigenvalue weighted by molar-refractivity contribution is -0.757. The second-order valence-corrected chi connectivity index (χ2v) is 13.0. The first-order chi connectivity index (χ1) is 17.1. The molecule has 0 aromatic heterocycles. The first kappa shape index (κ1) is 27.6. The van der Waals surface area contributed by atoms with Crippen LogP contribution in [0.15, 0.2) is 0 Å². The number of hydrogen-bond acceptors (Lipinski definition) is 7. The molecule has 0 aliphatic heterocycles. The minimum Gasteiger partial charge on any atom is -0.466 e. The molecule has 4 aliphatic carbocycles. The molecule has 2 N–H and O–H groups in total. The third kappa shape index (κ3) is 5.40. The Morgan fingerprint density at radius 3 is 2.47 bits per heavy atom. The van der Waals surface area contributed by atoms with Crippen LogP contribution < -0.4 is 0 Å². The second-order valence-electron chi connectivity index (χ2n) is 13.0. The van der Waals surface area contributed by atoms with Crippen LogP contribution in [0, 0.1) is 56.5 Å². The lowest BCUT2D eigenvalue weighted by Gasteiger charge is -2.62. The van der Waals surface area contributed by atoms with Gasteiger partial charge in [-0.05, 0) is 117 Å². The Morgan fingerprint density at radius 1 is 1.03 bits per heavy atom. The average molecular weight is 510 g/mol. The van der Waals surface area contributed by atoms with Gasteiger partial charge in [0.15, 0.2) is 0 Å². The maximum Gasteiger partial charge on any atom is 0.305 e. The van der Waals surface area contributed by atoms with Crippen LogP contribution in [0.1, 0.15) is 97.8 Å². The number of esters is 1. The summed E-state index contributed by atoms with van der Waals surface area (Å²) in [4.78, 5) is 26.7. The van der Waals surface area contributed by atoms with Crippen molar-refractivity contribution in [1.29, 1.82) is 0 Å². The molecule has 0 unspecified atom stereocenters. The number of nitrogens with zero attached hydrogens (tertiary/aromatic N) is 1. The minimum absolute atomic E-state index is 0.0291. The van der Waals surface area contributed by atoms with Gasteiger partial charge in [-0.25, -0.2) is 0 Å². The van der Waals surface area contributed by atoms with Gasteiger partial charge in [0.05, 0.1) is 25.4 Å². The van der Waals surface area contributed by atoms with E-state index in [0.717, 1.165) is 32.1 Å². The molecule has 8 heteroatoms. The summed E-state index contributed by atoms with van der Waals surface area (Å²) >= 11 is 0. The zero-order valence-corrected chi connectivity index (χ0v) is 22.4. The molecule has 206 valence electrons. The lowest BCUT2D eigenvalue weighted by Crippen LogP contribution is -2.58. The zero-order chi connectivity index (χ0) is 26.1. The van der Waals surface area contributed by atoms with Gasteiger partial charge in [0, 0.05) is 6.42 Å². The van der Waals surface area contributed by atoms with Crippen LogP contribution in [0.3, 0.4) is 0 Å². The molecule has 0 aromatic carbocycles. The fraction of sp³-hybridized carbons (Fsp3) is 0.964. The molecule has 4 rings (SSSR count). The van der Waals surface area contributed by atoms with Gasteiger partial charge in [-0.1, -0.05) is 20.8 Å². The van der Waals surface area contributed by atoms with Gasteiger partial charge < -0.3 is 19.8 Å². The van der Waals surface area contributed by atoms with E-state index in [2.05, 4.69) is 25.6 Å². The number of unbranched alkanes of at least 4 members (excludes halogenated alkanes) is 1. The van der Waals surface area contributed by atoms with Crippen LogP contribution in [0.2, 0.25) is 0 Å². The highest BCUT2D eigenvalue weighted by atomic mass is 16.9. The molecule has 4 saturated carbocycles. The quantitative estimate of drug-likeness (QED) is 0.186. The van der Waals surface area contributed by atoms with Crippen LogP contribution in [-0.4, -0.2) is 46.7 Å². The molecule has 0 aromatic rings. The standard InChI is InChI=1S/C28H47NO7/c1-18(6-9-25(32)35-14-4-5-15-36-29(33)34)21-7-8-22-26-23(11-13-28(21,22)3)27(2)12-10-20(30)16-19(27)17-24(26)31/h18-24,26,30-31H,4-17H2,1-3H3/t18-,19+,20-,21-,22+,23+,24+,26+,27+,28-/m1/s1. The predicted molar refractivity (Wildman–Crippen MR) is 134 cm³/mol. The third-order valence-electron chi connectivity index (χ3n) is 11.2. The van der Waals surface area contributed by atoms with Crippen molar-refractivity contribution in [2.45, 2.75) is 110 Å². The van der Waals surface area contributed by atoms with Gasteiger partial charge in [-0.2, -0.15) is 0 Å². The smallest absolute Gasteiger partial charge is 0.305 e. The number of carbonyl (C=O) groups excluding carboxylic acids is 1. The van der Waals surface area contributed by atoms with E-state index in [1.54, 1.807) is 0 Å². The second kappa shape index (κ2) is 11.1. The molecule has 0 bridgehead atoms. The van der Waals surface area contributed by atoms with Gasteiger partial charge in [-0.3, -0.25) is 4.79 Å². The van der Waals surface area contributed by atoms with E-state index < -0.39 is 5.09 Å². The molecular formula is C28H47NO7. The zero-order valence-electron chi connectivity index (χ0n) is 22.4. The lowest BCUT2D eigenvalue weighted by atomic mass is 9.43. The summed E-state index contributed by atoms with van der Waals surface area (Å²) in [6.45, 7) is 7.49. The van der Waals surface area contributed by atoms with E-state index in [1.807, 2.05) is 0 Å². The van der Waals surface area contributed by atoms with Crippen molar-refractivity contribution in [2.75, 3.05) is 13.2 Å². The molecule has 4 fully saturated rings. The molecule has 8 nitrogen and oxygen atoms in total. The average Bonchev–Trinajstić information content (AvgIpc) is 3.18. The van der Waals surface area contributed by atoms with E-state index in [0.29, 0.717) is 54.8 Å². The Labute approximate surface area is 215 Å². The highest BCUT2D eigenvalue weighted by molar-refractivity contribution is 5.69. The summed E-state index contributed by atoms with van der Waals surface area (Å²) in [7, 11) is 0. The third-order valence-corrected chi connectivity index (χ3v) is 11.2. The number of fused-ring (bicyclic) bond motifs is 5. The van der Waals surface area contributed by atoms with Gasteiger partial charge in [-0.15, -0.1) is 10.1 Å². The molecule has 0 heterocycles. The van der Waals surface area contributed by atoms with Crippen LogP contribution in [0.25, 0.3) is 0 Å². The van der Waals surface area contributed by atoms with E-state index >= 15 is 0 Å². The first-order valence-corrected chi connectivity index (χ1v) is 14.3. The molecule has 0 saturated heterocycles. The van der Waals surface area contributed by atoms with Gasteiger partial charge in [0.25, 0.3) is 5.09 Å². The topological polar surface area (TPSA) is 119 Å². The Bertz CT molecular complexity index is 792. The van der Waals surface area contributed by atoms with Crippen molar-refractivity contribution in [3.05, 3.63) is 10.1 Å². The van der Waals surface area contributed by atoms with E-state index in [4.69, 9.17) is 4.74 Å². The number of carbonyl (C=O) groups is 1. The number of rotatable bonds is 10. The molecule has 0 radical (unpaired) electrons. The summed E-state index contributed by atoms with van der Waals surface area (Å²) in [5.41, 5.74) is 0.452. The normalized spacial score (nSPS) is 42.5. The summed E-state index contributed by atoms with van der Waals surface area (Å²) in [6, 6.07) is 0. The van der Waals surface area contributed by atoms with Crippen molar-refractivity contribution >= 4 is 5.97 Å². The van der Waals surface area contributed by atoms with Crippen molar-refractivity contribution in [3.8, 4) is 0 Å². The van der Waals surface area contributed by atoms with Gasteiger partial charge in [0.1, 0.15) is 0 Å². The number of hydrogen-bond donors (Lipinski definition) is 2. The summed E-state index contributed by atoms with van der Waals surface area (Å²) in [5, 5.41) is 31.0. The Kier molecular flexibility index (Phi) is 8.55. The van der Waals surface area contributed by atoms with Crippen LogP contribution in [0.5, 0.6) is 0 Å². The summed E-state index contributed by atoms with van der Waals surface area (Å²) < 4.78 is 5.33. The maximum atomic E-state index is 12.3. The first-order valence-electron chi connectivity index (χ1n) is 14.3. The molecule has 36 heavy (non-hydrogen) atoms. The highest BCUT2D eigenvalue weighted by Crippen LogP contribution is 2.68. The van der Waals surface area contributed by atoms with Crippen molar-refractivity contribution < 1.29 is 29.7 Å². The maximum absolute atomic E-state index is 12.3. The molecule has 4 aliphatic rings. The Hall–Kier alpha value is -1.41. The van der Waals surface area contributed by atoms with Crippen LogP contribution in [-0.2, 0) is 14.4 Å². The summed E-state index contributed by atoms with van der Waals surface area (Å²) in [6.07, 6.45) is 10.2. The summed E-state index contributed by atoms with van der Waals surface area (Å²) in [5.74, 6) is 2.68. The molecule has 0 spiro atoms. The predicted octanol–water partition coefficient (Wildman–Crippen LogP) is 4.93. The Balaban J connectivity index is 1.30. The van der Waals surface area contributed by atoms with Crippen LogP contribution >= 0.6 is 0 Å².